The zero-order valence-electron chi connectivity index (χ0n) is 70.7. The van der Waals surface area contributed by atoms with Gasteiger partial charge in [-0.05, 0) is 131 Å². The van der Waals surface area contributed by atoms with Crippen molar-refractivity contribution in [2.75, 3.05) is 19.8 Å². The van der Waals surface area contributed by atoms with Crippen molar-refractivity contribution in [2.45, 2.75) is 238 Å². The van der Waals surface area contributed by atoms with Gasteiger partial charge in [0.1, 0.15) is 138 Å². The number of rotatable bonds is 21. The van der Waals surface area contributed by atoms with Gasteiger partial charge in [0.15, 0.2) is 40.9 Å². The number of nitrogens with two attached hydrogens (primary N) is 1. The molecular formula is C91H103Cl2N7O31. The summed E-state index contributed by atoms with van der Waals surface area (Å²) in [6.07, 6.45) is -21.7. The number of nitrogens with one attached hydrogen (secondary N) is 6. The third-order valence-electron chi connectivity index (χ3n) is 24.2. The van der Waals surface area contributed by atoms with E-state index in [0.29, 0.717) is 12.8 Å². The van der Waals surface area contributed by atoms with Crippen molar-refractivity contribution < 1.29 is 152 Å². The molecule has 7 aromatic rings. The third-order valence-corrected chi connectivity index (χ3v) is 24.8. The number of aliphatic hydroxyl groups is 10. The van der Waals surface area contributed by atoms with Crippen LogP contribution in [0.1, 0.15) is 160 Å². The van der Waals surface area contributed by atoms with Gasteiger partial charge in [0.05, 0.1) is 47.7 Å². The van der Waals surface area contributed by atoms with Crippen molar-refractivity contribution in [1.29, 1.82) is 0 Å². The van der Waals surface area contributed by atoms with Crippen molar-refractivity contribution in [3.63, 3.8) is 0 Å². The van der Waals surface area contributed by atoms with Crippen LogP contribution in [-0.2, 0) is 70.3 Å². The Morgan fingerprint density at radius 1 is 0.496 bits per heavy atom. The number of Topliss-reactive ketones (excluding diaryl/α,β-unsaturated/α-hetero) is 2. The average Bonchev–Trinajstić information content (AvgIpc) is 0.761. The summed E-state index contributed by atoms with van der Waals surface area (Å²) >= 11 is 14.8. The van der Waals surface area contributed by atoms with Gasteiger partial charge in [-0.1, -0.05) is 106 Å². The fraction of sp³-hybridized carbons (Fsp3) is 0.451. The molecule has 22 N–H and O–H groups in total. The number of aromatic hydroxyl groups is 4. The molecule has 0 saturated carbocycles. The maximum absolute atomic E-state index is 17.1. The molecule has 0 aliphatic carbocycles. The molecular weight excluding hydrogens is 1760 g/mol. The van der Waals surface area contributed by atoms with Crippen LogP contribution in [0.2, 0.25) is 10.0 Å². The minimum absolute atomic E-state index is 0.0736. The number of benzene rings is 7. The molecule has 0 radical (unpaired) electrons. The van der Waals surface area contributed by atoms with Crippen LogP contribution in [0.4, 0.5) is 0 Å². The third kappa shape index (κ3) is 21.5. The van der Waals surface area contributed by atoms with Crippen LogP contribution in [-0.4, -0.2) is 242 Å². The topological polar surface area (TPSA) is 601 Å². The molecule has 3 fully saturated rings. The van der Waals surface area contributed by atoms with E-state index in [1.807, 2.05) is 0 Å². The van der Waals surface area contributed by atoms with Gasteiger partial charge in [0.25, 0.3) is 0 Å². The summed E-state index contributed by atoms with van der Waals surface area (Å²) in [5.74, 6) is -18.3. The fourth-order valence-corrected chi connectivity index (χ4v) is 17.6. The first-order valence-corrected chi connectivity index (χ1v) is 43.7. The van der Waals surface area contributed by atoms with Crippen molar-refractivity contribution in [3.8, 4) is 80.1 Å². The van der Waals surface area contributed by atoms with Gasteiger partial charge in [-0.3, -0.25) is 38.4 Å². The Morgan fingerprint density at radius 3 is 1.73 bits per heavy atom. The van der Waals surface area contributed by atoms with Crippen LogP contribution < -0.4 is 61.3 Å². The van der Waals surface area contributed by atoms with E-state index in [1.165, 1.54) is 66.7 Å². The second kappa shape index (κ2) is 41.8. The molecule has 38 nitrogen and oxygen atoms in total. The highest BCUT2D eigenvalue weighted by molar-refractivity contribution is 6.32. The predicted molar refractivity (Wildman–Crippen MR) is 459 cm³/mol. The second-order valence-corrected chi connectivity index (χ2v) is 34.3. The summed E-state index contributed by atoms with van der Waals surface area (Å²) in [7, 11) is 0. The van der Waals surface area contributed by atoms with E-state index in [2.05, 4.69) is 38.8 Å². The molecule has 16 rings (SSSR count). The number of phenols is 4. The first kappa shape index (κ1) is 96.0. The van der Waals surface area contributed by atoms with E-state index >= 15 is 24.0 Å². The van der Waals surface area contributed by atoms with Crippen LogP contribution in [0.25, 0.3) is 11.1 Å². The monoisotopic (exact) mass is 1860 g/mol. The number of hydrogen-bond donors (Lipinski definition) is 21. The number of ketones is 2. The molecule has 6 unspecified atom stereocenters. The summed E-state index contributed by atoms with van der Waals surface area (Å²) in [5.41, 5.74) is 5.01. The standard InChI is InChI=1S/C91H103Cl2N7O31/c1-3-4-5-6-7-8-9-10-11-12-69(111)98-74-80(116)77(113)67(37-102)128-90(74)131-84-64-29-45-30-65(84)125-61-20-16-43(27-54(61)93)83(130-89-73(96-39(2)104)79(115)76(112)66(36-101)127-89)75-88(122)95-35-46-24-48(106)32-63(126-91-82(118)81(117)78(114)68(38-103)129-91)70(46)52-26-41(14-17-56(52)107)50(85(119)100-75)34-59(110)72(45)99-86(120)51-33-58(109)55(22-40-13-19-60(124-64)53(92)21-40)97-87(121)71(94)42-15-18-57(108)62(28-42)123-49-25-44(51)23-47(105)31-49/h13-21,23-32,50-51,55,66-68,71-83,89-91,101-103,105-108,112-118H,3-12,22,33-38,94H2,1-2H3,(H,95,122)(H,96,104)(H,97,121)(H,98,111)(H,99,120)(H,100,119)/t50-,51+,55-,66?,67?,68?,71-,72-,73?,74?,75+,76-,77-,78-,79-,80-,81?,82-,83-,89+,90+,91+/m1/s1. The number of hydrogen-bond acceptors (Lipinski definition) is 32. The normalized spacial score (nSPS) is 28.6. The van der Waals surface area contributed by atoms with Crippen molar-refractivity contribution in [3.05, 3.63) is 164 Å². The Balaban J connectivity index is 1.01. The van der Waals surface area contributed by atoms with Crippen molar-refractivity contribution in [1.82, 2.24) is 31.9 Å². The van der Waals surface area contributed by atoms with E-state index in [9.17, 15) is 85.9 Å². The largest absolute Gasteiger partial charge is 0.508 e. The highest BCUT2D eigenvalue weighted by Gasteiger charge is 2.52. The maximum atomic E-state index is 17.1. The highest BCUT2D eigenvalue weighted by Crippen LogP contribution is 2.51. The van der Waals surface area contributed by atoms with Crippen LogP contribution >= 0.6 is 23.2 Å². The fourth-order valence-electron chi connectivity index (χ4n) is 17.1. The lowest BCUT2D eigenvalue weighted by atomic mass is 9.85. The summed E-state index contributed by atoms with van der Waals surface area (Å²) in [4.78, 5) is 124. The first-order valence-electron chi connectivity index (χ1n) is 43.0. The van der Waals surface area contributed by atoms with E-state index < -0.39 is 289 Å². The average molecular weight is 1860 g/mol. The predicted octanol–water partition coefficient (Wildman–Crippen LogP) is 4.09. The molecule has 9 aliphatic heterocycles. The zero-order valence-corrected chi connectivity index (χ0v) is 72.2. The lowest BCUT2D eigenvalue weighted by Gasteiger charge is -2.44. The first-order chi connectivity index (χ1) is 62.7. The molecule has 0 aromatic heterocycles. The lowest BCUT2D eigenvalue weighted by molar-refractivity contribution is -0.284. The van der Waals surface area contributed by atoms with Gasteiger partial charge in [-0.15, -0.1) is 0 Å². The van der Waals surface area contributed by atoms with Crippen LogP contribution in [0.15, 0.2) is 115 Å². The highest BCUT2D eigenvalue weighted by atomic mass is 35.5. The molecule has 9 heterocycles. The van der Waals surface area contributed by atoms with Gasteiger partial charge in [0.2, 0.25) is 53.8 Å². The molecule has 9 aliphatic rings. The van der Waals surface area contributed by atoms with Gasteiger partial charge < -0.3 is 152 Å². The molecule has 131 heavy (non-hydrogen) atoms. The summed E-state index contributed by atoms with van der Waals surface area (Å²) in [5, 5.41) is 175. The number of fused-ring (bicyclic) bond motifs is 14. The molecule has 702 valence electrons. The number of ether oxygens (including phenoxy) is 9. The summed E-state index contributed by atoms with van der Waals surface area (Å²) in [6.45, 7) is -0.531. The van der Waals surface area contributed by atoms with E-state index in [0.717, 1.165) is 100 Å². The molecule has 6 amide bonds. The summed E-state index contributed by atoms with van der Waals surface area (Å²) in [6, 6.07) is 11.2. The molecule has 40 heteroatoms. The Labute approximate surface area is 758 Å². The zero-order chi connectivity index (χ0) is 93.7. The SMILES string of the molecule is CCCCCCCCCCCC(=O)NC1[C@H](Oc2c3cc4cc2Oc2ccc(cc2Cl)[C@@H](O[C@@H]2OC(CO)[C@@H](O)[C@H](O)C2NC(C)=O)[C@@H]2NC(=O)[C@H](CC(=O)[C@@H]4NC(=O)[C@H]4CC(=O)[C@@H](Cc5ccc(c(Cl)c5)O3)NC(=O)[C@H](N)c3ccc(O)c(c3)Oc3cc(O)cc4c3)c3ccc(O)c(c3)-c3c(cc(O)cc3O[C@H]3OC(CO)[C@@H](O)C(O)[C@H]3O)CNC2=O)OC(CO)[C@@H](O)[C@@H]1O. The number of aliphatic hydroxyl groups excluding tert-OH is 10. The number of unbranched alkanes of at least 4 members (excludes halogenated alkanes) is 8. The van der Waals surface area contributed by atoms with Crippen LogP contribution in [0.3, 0.4) is 0 Å². The lowest BCUT2D eigenvalue weighted by Crippen LogP contribution is -2.65. The second-order valence-electron chi connectivity index (χ2n) is 33.5. The number of halogens is 2. The quantitative estimate of drug-likeness (QED) is 0.0450. The number of phenolic OH excluding ortho intramolecular Hbond substituents is 4. The Bertz CT molecular complexity index is 5420. The number of carbonyl (C=O) groups is 8. The van der Waals surface area contributed by atoms with Crippen LogP contribution in [0.5, 0.6) is 69.0 Å². The van der Waals surface area contributed by atoms with Gasteiger partial charge in [-0.2, -0.15) is 0 Å². The van der Waals surface area contributed by atoms with E-state index in [1.54, 1.807) is 0 Å². The van der Waals surface area contributed by atoms with E-state index in [4.69, 9.17) is 71.6 Å². The minimum Gasteiger partial charge on any atom is -0.508 e. The van der Waals surface area contributed by atoms with E-state index in [-0.39, 0.29) is 73.2 Å². The number of amides is 6. The minimum atomic E-state index is -2.30. The van der Waals surface area contributed by atoms with Gasteiger partial charge in [-0.25, -0.2) is 0 Å². The number of carbonyl (C=O) groups excluding carboxylic acids is 8. The Hall–Kier alpha value is -11.1. The van der Waals surface area contributed by atoms with Crippen LogP contribution in [0, 0.1) is 0 Å². The van der Waals surface area contributed by atoms with Crippen molar-refractivity contribution >= 4 is 70.2 Å². The smallest absolute Gasteiger partial charge is 0.245 e. The van der Waals surface area contributed by atoms with Gasteiger partial charge >= 0.3 is 0 Å². The van der Waals surface area contributed by atoms with Gasteiger partial charge in [0, 0.05) is 56.0 Å². The van der Waals surface area contributed by atoms with Crippen molar-refractivity contribution in [2.24, 2.45) is 5.73 Å². The molecule has 3 saturated heterocycles. The maximum Gasteiger partial charge on any atom is 0.245 e. The Morgan fingerprint density at radius 2 is 1.07 bits per heavy atom. The Kier molecular flexibility index (Phi) is 30.6. The molecule has 0 spiro atoms. The molecule has 22 atom stereocenters. The summed E-state index contributed by atoms with van der Waals surface area (Å²) < 4.78 is 58.0. The molecule has 17 bridgehead atoms. The molecule has 7 aromatic carbocycles.